The molecule has 0 atom stereocenters. The Balaban J connectivity index is 1.46. The van der Waals surface area contributed by atoms with Crippen LogP contribution in [0.25, 0.3) is 6.08 Å². The number of thioether (sulfide) groups is 1. The van der Waals surface area contributed by atoms with Crippen LogP contribution in [0.1, 0.15) is 31.9 Å². The van der Waals surface area contributed by atoms with Crippen LogP contribution >= 0.6 is 11.8 Å². The second-order valence-electron chi connectivity index (χ2n) is 7.84. The molecule has 3 amide bonds. The zero-order chi connectivity index (χ0) is 22.4. The predicted octanol–water partition coefficient (Wildman–Crippen LogP) is 4.98. The number of nitrogens with one attached hydrogen (secondary N) is 2. The molecule has 1 heterocycles. The molecule has 0 aromatic heterocycles. The summed E-state index contributed by atoms with van der Waals surface area (Å²) in [4.78, 5) is 35.0. The Bertz CT molecular complexity index is 992. The maximum absolute atomic E-state index is 11.8. The molecule has 0 radical (unpaired) electrons. The molecule has 0 unspecified atom stereocenters. The van der Waals surface area contributed by atoms with Crippen molar-refractivity contribution in [3.05, 3.63) is 64.6 Å². The topological polar surface area (TPSA) is 93.7 Å². The van der Waals surface area contributed by atoms with Crippen LogP contribution in [0.3, 0.4) is 0 Å². The van der Waals surface area contributed by atoms with Crippen LogP contribution in [0.2, 0.25) is 0 Å². The molecular weight excluding hydrogens is 416 g/mol. The molecule has 1 aliphatic heterocycles. The summed E-state index contributed by atoms with van der Waals surface area (Å²) in [6.07, 6.45) is 1.89. The third kappa shape index (κ3) is 7.18. The first-order valence-corrected chi connectivity index (χ1v) is 10.6. The fourth-order valence-electron chi connectivity index (χ4n) is 2.70. The highest BCUT2D eigenvalue weighted by Crippen LogP contribution is 2.26. The Morgan fingerprint density at radius 1 is 1.06 bits per heavy atom. The number of anilines is 1. The molecule has 2 aromatic carbocycles. The van der Waals surface area contributed by atoms with E-state index in [1.807, 2.05) is 69.3 Å². The second kappa shape index (κ2) is 9.70. The minimum absolute atomic E-state index is 0.357. The first-order chi connectivity index (χ1) is 14.7. The van der Waals surface area contributed by atoms with Gasteiger partial charge in [0.25, 0.3) is 11.1 Å². The van der Waals surface area contributed by atoms with E-state index in [-0.39, 0.29) is 11.1 Å². The van der Waals surface area contributed by atoms with E-state index in [9.17, 15) is 14.4 Å². The van der Waals surface area contributed by atoms with Crippen LogP contribution in [-0.4, -0.2) is 29.4 Å². The zero-order valence-electron chi connectivity index (χ0n) is 17.6. The van der Waals surface area contributed by atoms with Crippen molar-refractivity contribution < 1.29 is 23.9 Å². The first kappa shape index (κ1) is 22.4. The second-order valence-corrected chi connectivity index (χ2v) is 8.86. The third-order valence-electron chi connectivity index (χ3n) is 4.08. The van der Waals surface area contributed by atoms with E-state index in [0.29, 0.717) is 29.4 Å². The Morgan fingerprint density at radius 3 is 2.32 bits per heavy atom. The Kier molecular flexibility index (Phi) is 7.02. The predicted molar refractivity (Wildman–Crippen MR) is 121 cm³/mol. The van der Waals surface area contributed by atoms with Crippen molar-refractivity contribution >= 4 is 40.8 Å². The number of hydrogen-bond donors (Lipinski definition) is 2. The van der Waals surface area contributed by atoms with E-state index >= 15 is 0 Å². The molecular formula is C23H24N2O5S. The average Bonchev–Trinajstić information content (AvgIpc) is 3.00. The van der Waals surface area contributed by atoms with E-state index < -0.39 is 11.7 Å². The molecule has 7 nitrogen and oxygen atoms in total. The van der Waals surface area contributed by atoms with Crippen molar-refractivity contribution in [2.45, 2.75) is 32.8 Å². The molecule has 1 saturated heterocycles. The number of amides is 3. The summed E-state index contributed by atoms with van der Waals surface area (Å²) in [5.41, 5.74) is 2.01. The van der Waals surface area contributed by atoms with E-state index in [4.69, 9.17) is 9.47 Å². The van der Waals surface area contributed by atoms with Gasteiger partial charge in [-0.25, -0.2) is 4.79 Å². The van der Waals surface area contributed by atoms with E-state index in [2.05, 4.69) is 10.6 Å². The van der Waals surface area contributed by atoms with Gasteiger partial charge in [-0.2, -0.15) is 0 Å². The average molecular weight is 441 g/mol. The highest BCUT2D eigenvalue weighted by Gasteiger charge is 2.24. The number of hydrogen-bond acceptors (Lipinski definition) is 6. The van der Waals surface area contributed by atoms with Gasteiger partial charge in [-0.05, 0) is 74.0 Å². The maximum Gasteiger partial charge on any atom is 0.412 e. The summed E-state index contributed by atoms with van der Waals surface area (Å²) >= 11 is 0.891. The van der Waals surface area contributed by atoms with Gasteiger partial charge >= 0.3 is 6.09 Å². The van der Waals surface area contributed by atoms with Crippen LogP contribution in [0.5, 0.6) is 5.75 Å². The molecule has 1 aliphatic rings. The lowest BCUT2D eigenvalue weighted by atomic mass is 10.1. The van der Waals surface area contributed by atoms with Gasteiger partial charge in [-0.15, -0.1) is 0 Å². The molecule has 0 bridgehead atoms. The zero-order valence-corrected chi connectivity index (χ0v) is 18.4. The SMILES string of the molecule is CC(C)(C)OC(=O)Nc1ccc(CCOc2ccc(/C=C3\SC(=O)NC3=O)cc2)cc1. The van der Waals surface area contributed by atoms with Gasteiger partial charge < -0.3 is 9.47 Å². The number of imide groups is 1. The first-order valence-electron chi connectivity index (χ1n) is 9.75. The fraction of sp³-hybridized carbons (Fsp3) is 0.261. The lowest BCUT2D eigenvalue weighted by molar-refractivity contribution is -0.115. The number of benzene rings is 2. The highest BCUT2D eigenvalue weighted by molar-refractivity contribution is 8.18. The van der Waals surface area contributed by atoms with Gasteiger partial charge in [0.1, 0.15) is 11.4 Å². The van der Waals surface area contributed by atoms with Crippen molar-refractivity contribution in [2.24, 2.45) is 0 Å². The number of carbonyl (C=O) groups is 3. The minimum atomic E-state index is -0.542. The fourth-order valence-corrected chi connectivity index (χ4v) is 3.38. The molecule has 31 heavy (non-hydrogen) atoms. The van der Waals surface area contributed by atoms with Crippen molar-refractivity contribution in [3.8, 4) is 5.75 Å². The molecule has 0 saturated carbocycles. The Hall–Kier alpha value is -3.26. The lowest BCUT2D eigenvalue weighted by Crippen LogP contribution is -2.27. The lowest BCUT2D eigenvalue weighted by Gasteiger charge is -2.19. The van der Waals surface area contributed by atoms with Gasteiger partial charge in [-0.1, -0.05) is 24.3 Å². The van der Waals surface area contributed by atoms with E-state index in [1.54, 1.807) is 6.08 Å². The van der Waals surface area contributed by atoms with Crippen LogP contribution < -0.4 is 15.4 Å². The summed E-state index contributed by atoms with van der Waals surface area (Å²) in [6.45, 7) is 5.94. The smallest absolute Gasteiger partial charge is 0.412 e. The molecule has 2 aromatic rings. The summed E-state index contributed by atoms with van der Waals surface area (Å²) in [6, 6.07) is 14.8. The molecule has 2 N–H and O–H groups in total. The molecule has 1 fully saturated rings. The van der Waals surface area contributed by atoms with Crippen LogP contribution in [0, 0.1) is 0 Å². The Morgan fingerprint density at radius 2 is 1.74 bits per heavy atom. The number of rotatable bonds is 6. The van der Waals surface area contributed by atoms with Crippen LogP contribution in [0.15, 0.2) is 53.4 Å². The van der Waals surface area contributed by atoms with Gasteiger partial charge in [0.15, 0.2) is 0 Å². The van der Waals surface area contributed by atoms with Crippen LogP contribution in [-0.2, 0) is 16.0 Å². The van der Waals surface area contributed by atoms with Crippen LogP contribution in [0.4, 0.5) is 15.3 Å². The standard InChI is InChI=1S/C23H24N2O5S/c1-23(2,3)30-21(27)24-17-8-4-15(5-9-17)12-13-29-18-10-6-16(7-11-18)14-19-20(26)25-22(28)31-19/h4-11,14H,12-13H2,1-3H3,(H,24,27)(H,25,26,28)/b19-14-. The number of carbonyl (C=O) groups excluding carboxylic acids is 3. The molecule has 3 rings (SSSR count). The summed E-state index contributed by atoms with van der Waals surface area (Å²) in [5.74, 6) is 0.340. The maximum atomic E-state index is 11.8. The van der Waals surface area contributed by atoms with Crippen molar-refractivity contribution in [1.29, 1.82) is 0 Å². The van der Waals surface area contributed by atoms with Crippen molar-refractivity contribution in [1.82, 2.24) is 5.32 Å². The normalized spacial score (nSPS) is 15.0. The van der Waals surface area contributed by atoms with Crippen molar-refractivity contribution in [2.75, 3.05) is 11.9 Å². The van der Waals surface area contributed by atoms with E-state index in [1.165, 1.54) is 0 Å². The van der Waals surface area contributed by atoms with Gasteiger partial charge in [0.2, 0.25) is 0 Å². The molecule has 0 spiro atoms. The highest BCUT2D eigenvalue weighted by atomic mass is 32.2. The quantitative estimate of drug-likeness (QED) is 0.616. The van der Waals surface area contributed by atoms with Gasteiger partial charge in [0, 0.05) is 12.1 Å². The van der Waals surface area contributed by atoms with E-state index in [0.717, 1.165) is 22.9 Å². The Labute approximate surface area is 185 Å². The number of ether oxygens (including phenoxy) is 2. The minimum Gasteiger partial charge on any atom is -0.493 e. The summed E-state index contributed by atoms with van der Waals surface area (Å²) in [7, 11) is 0. The summed E-state index contributed by atoms with van der Waals surface area (Å²) in [5, 5.41) is 4.57. The van der Waals surface area contributed by atoms with Gasteiger partial charge in [-0.3, -0.25) is 20.2 Å². The summed E-state index contributed by atoms with van der Waals surface area (Å²) < 4.78 is 11.0. The molecule has 162 valence electrons. The molecule has 0 aliphatic carbocycles. The largest absolute Gasteiger partial charge is 0.493 e. The van der Waals surface area contributed by atoms with Gasteiger partial charge in [0.05, 0.1) is 11.5 Å². The third-order valence-corrected chi connectivity index (χ3v) is 4.89. The van der Waals surface area contributed by atoms with Crippen molar-refractivity contribution in [3.63, 3.8) is 0 Å². The molecule has 8 heteroatoms. The monoisotopic (exact) mass is 440 g/mol.